The lowest BCUT2D eigenvalue weighted by Crippen LogP contribution is -2.62. The number of hydrogen-bond acceptors (Lipinski definition) is 4. The first kappa shape index (κ1) is 13.4. The van der Waals surface area contributed by atoms with Crippen LogP contribution in [0.25, 0.3) is 0 Å². The summed E-state index contributed by atoms with van der Waals surface area (Å²) in [5.41, 5.74) is 0. The fraction of sp³-hybridized carbons (Fsp3) is 0.909. The summed E-state index contributed by atoms with van der Waals surface area (Å²) in [5.74, 6) is -0.236. The average Bonchev–Trinajstić information content (AvgIpc) is 2.21. The minimum absolute atomic E-state index is 0.236. The standard InChI is InChI=1S/C11H21NO4/c1-4-5-8-10(14)11(15)9(6(2)16-8)12-7(3)13/h6,8-11,14-15H,4-5H2,1-3H3,(H,12,13). The van der Waals surface area contributed by atoms with E-state index in [1.54, 1.807) is 6.92 Å². The molecule has 0 saturated carbocycles. The van der Waals surface area contributed by atoms with Gasteiger partial charge < -0.3 is 20.3 Å². The Morgan fingerprint density at radius 1 is 1.38 bits per heavy atom. The van der Waals surface area contributed by atoms with Crippen molar-refractivity contribution in [2.24, 2.45) is 0 Å². The zero-order chi connectivity index (χ0) is 12.3. The Kier molecular flexibility index (Phi) is 4.70. The van der Waals surface area contributed by atoms with Gasteiger partial charge in [0.25, 0.3) is 0 Å². The van der Waals surface area contributed by atoms with Crippen molar-refractivity contribution in [3.8, 4) is 0 Å². The Balaban J connectivity index is 2.67. The van der Waals surface area contributed by atoms with Gasteiger partial charge in [0.1, 0.15) is 12.2 Å². The lowest BCUT2D eigenvalue weighted by atomic mass is 9.91. The number of rotatable bonds is 3. The topological polar surface area (TPSA) is 78.8 Å². The number of hydrogen-bond donors (Lipinski definition) is 3. The molecule has 0 aromatic rings. The van der Waals surface area contributed by atoms with Gasteiger partial charge in [-0.25, -0.2) is 0 Å². The van der Waals surface area contributed by atoms with Gasteiger partial charge in [0.15, 0.2) is 0 Å². The summed E-state index contributed by atoms with van der Waals surface area (Å²) >= 11 is 0. The van der Waals surface area contributed by atoms with Crippen LogP contribution in [-0.2, 0) is 9.53 Å². The SMILES string of the molecule is CCCC1OC(C)C(NC(C)=O)C(O)C1O. The fourth-order valence-corrected chi connectivity index (χ4v) is 2.11. The number of nitrogens with one attached hydrogen (secondary N) is 1. The first-order chi connectivity index (χ1) is 7.47. The van der Waals surface area contributed by atoms with Gasteiger partial charge in [-0.2, -0.15) is 0 Å². The number of amides is 1. The number of aliphatic hydroxyl groups excluding tert-OH is 2. The van der Waals surface area contributed by atoms with E-state index in [2.05, 4.69) is 5.32 Å². The molecule has 0 radical (unpaired) electrons. The third kappa shape index (κ3) is 2.93. The fourth-order valence-electron chi connectivity index (χ4n) is 2.11. The van der Waals surface area contributed by atoms with E-state index in [1.807, 2.05) is 6.92 Å². The van der Waals surface area contributed by atoms with Crippen molar-refractivity contribution in [2.45, 2.75) is 64.1 Å². The summed E-state index contributed by atoms with van der Waals surface area (Å²) in [6.07, 6.45) is -0.961. The molecule has 1 saturated heterocycles. The Morgan fingerprint density at radius 3 is 2.50 bits per heavy atom. The highest BCUT2D eigenvalue weighted by atomic mass is 16.5. The minimum atomic E-state index is -0.968. The van der Waals surface area contributed by atoms with Gasteiger partial charge in [0.05, 0.1) is 18.2 Å². The van der Waals surface area contributed by atoms with Crippen LogP contribution in [0, 0.1) is 0 Å². The lowest BCUT2D eigenvalue weighted by molar-refractivity contribution is -0.182. The van der Waals surface area contributed by atoms with Gasteiger partial charge >= 0.3 is 0 Å². The highest BCUT2D eigenvalue weighted by molar-refractivity contribution is 5.73. The summed E-state index contributed by atoms with van der Waals surface area (Å²) in [7, 11) is 0. The van der Waals surface area contributed by atoms with E-state index in [0.717, 1.165) is 6.42 Å². The number of carbonyl (C=O) groups excluding carboxylic acids is 1. The molecule has 5 nitrogen and oxygen atoms in total. The van der Waals surface area contributed by atoms with Gasteiger partial charge in [-0.05, 0) is 13.3 Å². The van der Waals surface area contributed by atoms with E-state index in [9.17, 15) is 15.0 Å². The monoisotopic (exact) mass is 231 g/mol. The largest absolute Gasteiger partial charge is 0.388 e. The van der Waals surface area contributed by atoms with Crippen LogP contribution in [0.3, 0.4) is 0 Å². The normalized spacial score (nSPS) is 39.4. The van der Waals surface area contributed by atoms with Gasteiger partial charge in [-0.3, -0.25) is 4.79 Å². The number of ether oxygens (including phenoxy) is 1. The van der Waals surface area contributed by atoms with E-state index < -0.39 is 18.2 Å². The maximum Gasteiger partial charge on any atom is 0.217 e. The average molecular weight is 231 g/mol. The van der Waals surface area contributed by atoms with Gasteiger partial charge in [0, 0.05) is 6.92 Å². The molecular weight excluding hydrogens is 210 g/mol. The minimum Gasteiger partial charge on any atom is -0.388 e. The first-order valence-corrected chi connectivity index (χ1v) is 5.76. The van der Waals surface area contributed by atoms with Crippen LogP contribution in [0.4, 0.5) is 0 Å². The molecule has 1 rings (SSSR count). The summed E-state index contributed by atoms with van der Waals surface area (Å²) in [5, 5.41) is 22.4. The highest BCUT2D eigenvalue weighted by Gasteiger charge is 2.42. The van der Waals surface area contributed by atoms with Crippen LogP contribution in [0.5, 0.6) is 0 Å². The van der Waals surface area contributed by atoms with E-state index in [4.69, 9.17) is 4.74 Å². The molecule has 0 spiro atoms. The molecule has 0 aliphatic carbocycles. The molecule has 0 bridgehead atoms. The summed E-state index contributed by atoms with van der Waals surface area (Å²) in [6, 6.07) is -0.541. The molecule has 1 heterocycles. The molecule has 5 unspecified atom stereocenters. The molecular formula is C11H21NO4. The van der Waals surface area contributed by atoms with Crippen LogP contribution in [-0.4, -0.2) is 46.6 Å². The summed E-state index contributed by atoms with van der Waals surface area (Å²) in [4.78, 5) is 11.0. The molecule has 1 fully saturated rings. The second-order valence-corrected chi connectivity index (χ2v) is 4.38. The zero-order valence-corrected chi connectivity index (χ0v) is 10.0. The lowest BCUT2D eigenvalue weighted by Gasteiger charge is -2.42. The summed E-state index contributed by atoms with van der Waals surface area (Å²) in [6.45, 7) is 5.16. The Hall–Kier alpha value is -0.650. The van der Waals surface area contributed by atoms with E-state index in [0.29, 0.717) is 6.42 Å². The first-order valence-electron chi connectivity index (χ1n) is 5.76. The maximum absolute atomic E-state index is 11.0. The number of carbonyl (C=O) groups is 1. The third-order valence-corrected chi connectivity index (χ3v) is 2.94. The van der Waals surface area contributed by atoms with Crippen LogP contribution in [0.2, 0.25) is 0 Å². The third-order valence-electron chi connectivity index (χ3n) is 2.94. The van der Waals surface area contributed by atoms with Crippen molar-refractivity contribution in [1.29, 1.82) is 0 Å². The predicted octanol–water partition coefficient (Wildman–Crippen LogP) is -0.200. The second-order valence-electron chi connectivity index (χ2n) is 4.38. The van der Waals surface area contributed by atoms with Crippen LogP contribution in [0.1, 0.15) is 33.6 Å². The predicted molar refractivity (Wildman–Crippen MR) is 58.9 cm³/mol. The Labute approximate surface area is 95.8 Å². The van der Waals surface area contributed by atoms with E-state index in [-0.39, 0.29) is 18.1 Å². The van der Waals surface area contributed by atoms with Crippen molar-refractivity contribution < 1.29 is 19.7 Å². The molecule has 1 amide bonds. The smallest absolute Gasteiger partial charge is 0.217 e. The van der Waals surface area contributed by atoms with Crippen molar-refractivity contribution in [3.05, 3.63) is 0 Å². The summed E-state index contributed by atoms with van der Waals surface area (Å²) < 4.78 is 5.60. The molecule has 1 aliphatic rings. The molecule has 16 heavy (non-hydrogen) atoms. The van der Waals surface area contributed by atoms with Gasteiger partial charge in [-0.15, -0.1) is 0 Å². The maximum atomic E-state index is 11.0. The van der Waals surface area contributed by atoms with Crippen molar-refractivity contribution >= 4 is 5.91 Å². The van der Waals surface area contributed by atoms with Gasteiger partial charge in [-0.1, -0.05) is 13.3 Å². The van der Waals surface area contributed by atoms with E-state index >= 15 is 0 Å². The van der Waals surface area contributed by atoms with Crippen molar-refractivity contribution in [1.82, 2.24) is 5.32 Å². The van der Waals surface area contributed by atoms with Crippen LogP contribution in [0.15, 0.2) is 0 Å². The molecule has 1 aliphatic heterocycles. The molecule has 3 N–H and O–H groups in total. The molecule has 5 atom stereocenters. The molecule has 94 valence electrons. The molecule has 0 aromatic carbocycles. The van der Waals surface area contributed by atoms with Crippen molar-refractivity contribution in [2.75, 3.05) is 0 Å². The quantitative estimate of drug-likeness (QED) is 0.628. The van der Waals surface area contributed by atoms with Crippen LogP contribution >= 0.6 is 0 Å². The van der Waals surface area contributed by atoms with E-state index in [1.165, 1.54) is 6.92 Å². The Morgan fingerprint density at radius 2 is 2.00 bits per heavy atom. The second kappa shape index (κ2) is 5.61. The molecule has 5 heteroatoms. The van der Waals surface area contributed by atoms with Crippen molar-refractivity contribution in [3.63, 3.8) is 0 Å². The molecule has 0 aromatic heterocycles. The van der Waals surface area contributed by atoms with Gasteiger partial charge in [0.2, 0.25) is 5.91 Å². The zero-order valence-electron chi connectivity index (χ0n) is 10.0. The van der Waals surface area contributed by atoms with Crippen LogP contribution < -0.4 is 5.32 Å². The number of aliphatic hydroxyl groups is 2. The Bertz CT molecular complexity index is 246. The highest BCUT2D eigenvalue weighted by Crippen LogP contribution is 2.23.